The van der Waals surface area contributed by atoms with E-state index in [0.717, 1.165) is 7.05 Å². The molecule has 0 aromatic carbocycles. The zero-order chi connectivity index (χ0) is 13.0. The van der Waals surface area contributed by atoms with Gasteiger partial charge in [0.05, 0.1) is 0 Å². The lowest BCUT2D eigenvalue weighted by atomic mass is 10.2. The molecule has 0 fully saturated rings. The number of rotatable bonds is 4. The predicted octanol–water partition coefficient (Wildman–Crippen LogP) is 0.657. The Balaban J connectivity index is 4.43. The molecular formula is C8H17FN2O4S. The number of carbonyl (C=O) groups excluding carboxylic acids is 1. The molecule has 0 unspecified atom stereocenters. The maximum atomic E-state index is 11.9. The molecule has 0 saturated heterocycles. The van der Waals surface area contributed by atoms with Crippen LogP contribution in [0.15, 0.2) is 0 Å². The number of alkyl halides is 1. The van der Waals surface area contributed by atoms with Gasteiger partial charge in [0.15, 0.2) is 0 Å². The van der Waals surface area contributed by atoms with Crippen molar-refractivity contribution in [1.82, 2.24) is 9.03 Å². The summed E-state index contributed by atoms with van der Waals surface area (Å²) < 4.78 is 41.8. The molecule has 0 aliphatic carbocycles. The van der Waals surface area contributed by atoms with Crippen LogP contribution < -0.4 is 4.72 Å². The largest absolute Gasteiger partial charge is 0.443 e. The van der Waals surface area contributed by atoms with Gasteiger partial charge in [0.1, 0.15) is 12.3 Å². The summed E-state index contributed by atoms with van der Waals surface area (Å²) in [7, 11) is -2.87. The van der Waals surface area contributed by atoms with E-state index in [9.17, 15) is 17.6 Å². The van der Waals surface area contributed by atoms with E-state index >= 15 is 0 Å². The smallest absolute Gasteiger partial charge is 0.422 e. The van der Waals surface area contributed by atoms with E-state index < -0.39 is 28.6 Å². The van der Waals surface area contributed by atoms with Gasteiger partial charge in [-0.2, -0.15) is 12.7 Å². The van der Waals surface area contributed by atoms with Crippen molar-refractivity contribution in [3.05, 3.63) is 0 Å². The summed E-state index contributed by atoms with van der Waals surface area (Å²) in [6.45, 7) is 3.66. The van der Waals surface area contributed by atoms with Gasteiger partial charge in [0, 0.05) is 13.6 Å². The molecule has 0 atom stereocenters. The maximum Gasteiger partial charge on any atom is 0.422 e. The van der Waals surface area contributed by atoms with Crippen molar-refractivity contribution < 1.29 is 22.3 Å². The number of halogens is 1. The summed E-state index contributed by atoms with van der Waals surface area (Å²) in [5.41, 5.74) is -0.793. The third-order valence-corrected chi connectivity index (χ3v) is 2.85. The minimum absolute atomic E-state index is 0.321. The van der Waals surface area contributed by atoms with Gasteiger partial charge in [-0.05, 0) is 20.8 Å². The minimum Gasteiger partial charge on any atom is -0.443 e. The molecule has 96 valence electrons. The van der Waals surface area contributed by atoms with Gasteiger partial charge >= 0.3 is 16.3 Å². The zero-order valence-electron chi connectivity index (χ0n) is 9.78. The first-order valence-electron chi connectivity index (χ1n) is 4.61. The number of amides is 1. The van der Waals surface area contributed by atoms with Gasteiger partial charge in [0.2, 0.25) is 0 Å². The molecule has 1 N–H and O–H groups in total. The minimum atomic E-state index is -4.03. The molecule has 0 bridgehead atoms. The number of ether oxygens (including phenoxy) is 1. The summed E-state index contributed by atoms with van der Waals surface area (Å²) in [6, 6.07) is 0. The van der Waals surface area contributed by atoms with E-state index in [0.29, 0.717) is 4.31 Å². The van der Waals surface area contributed by atoms with Gasteiger partial charge in [-0.3, -0.25) is 0 Å². The molecule has 0 rings (SSSR count). The molecule has 1 amide bonds. The summed E-state index contributed by atoms with van der Waals surface area (Å²) in [6.07, 6.45) is -1.08. The number of nitrogens with one attached hydrogen (secondary N) is 1. The first kappa shape index (κ1) is 15.1. The summed E-state index contributed by atoms with van der Waals surface area (Å²) in [4.78, 5) is 11.2. The van der Waals surface area contributed by atoms with Gasteiger partial charge < -0.3 is 4.74 Å². The first-order chi connectivity index (χ1) is 7.08. The van der Waals surface area contributed by atoms with E-state index in [1.165, 1.54) is 0 Å². The third kappa shape index (κ3) is 5.86. The zero-order valence-corrected chi connectivity index (χ0v) is 10.6. The van der Waals surface area contributed by atoms with Crippen LogP contribution in [-0.4, -0.2) is 44.7 Å². The molecule has 16 heavy (non-hydrogen) atoms. The normalized spacial score (nSPS) is 12.6. The molecule has 0 radical (unpaired) electrons. The lowest BCUT2D eigenvalue weighted by Crippen LogP contribution is -2.44. The predicted molar refractivity (Wildman–Crippen MR) is 56.9 cm³/mol. The molecule has 0 saturated carbocycles. The molecule has 0 heterocycles. The lowest BCUT2D eigenvalue weighted by Gasteiger charge is -2.21. The first-order valence-corrected chi connectivity index (χ1v) is 6.05. The van der Waals surface area contributed by atoms with Gasteiger partial charge in [-0.1, -0.05) is 0 Å². The standard InChI is InChI=1S/C8H17FN2O4S/c1-8(2,3)15-7(12)10-16(13,14)11(4)6-5-9/h5-6H2,1-4H3,(H,10,12). The van der Waals surface area contributed by atoms with Gasteiger partial charge in [-0.25, -0.2) is 13.9 Å². The van der Waals surface area contributed by atoms with Crippen LogP contribution in [-0.2, 0) is 14.9 Å². The lowest BCUT2D eigenvalue weighted by molar-refractivity contribution is 0.0567. The quantitative estimate of drug-likeness (QED) is 0.801. The molecule has 0 spiro atoms. The number of nitrogens with zero attached hydrogens (tertiary/aromatic N) is 1. The summed E-state index contributed by atoms with van der Waals surface area (Å²) in [5, 5.41) is 0. The monoisotopic (exact) mass is 256 g/mol. The Hall–Kier alpha value is -0.890. The second-order valence-corrected chi connectivity index (χ2v) is 5.90. The Morgan fingerprint density at radius 1 is 1.44 bits per heavy atom. The van der Waals surface area contributed by atoms with Crippen LogP contribution in [0.1, 0.15) is 20.8 Å². The fraction of sp³-hybridized carbons (Fsp3) is 0.875. The Morgan fingerprint density at radius 3 is 2.31 bits per heavy atom. The SMILES string of the molecule is CN(CCF)S(=O)(=O)NC(=O)OC(C)(C)C. The van der Waals surface area contributed by atoms with Crippen molar-refractivity contribution in [3.63, 3.8) is 0 Å². The van der Waals surface area contributed by atoms with Crippen molar-refractivity contribution in [3.8, 4) is 0 Å². The number of hydrogen-bond acceptors (Lipinski definition) is 4. The topological polar surface area (TPSA) is 75.7 Å². The van der Waals surface area contributed by atoms with Crippen LogP contribution in [0.2, 0.25) is 0 Å². The van der Waals surface area contributed by atoms with Crippen LogP contribution >= 0.6 is 0 Å². The van der Waals surface area contributed by atoms with Crippen LogP contribution in [0.3, 0.4) is 0 Å². The van der Waals surface area contributed by atoms with Gasteiger partial charge in [0.25, 0.3) is 0 Å². The maximum absolute atomic E-state index is 11.9. The number of carbonyl (C=O) groups is 1. The average molecular weight is 256 g/mol. The second kappa shape index (κ2) is 5.44. The van der Waals surface area contributed by atoms with Crippen molar-refractivity contribution in [2.24, 2.45) is 0 Å². The van der Waals surface area contributed by atoms with Crippen LogP contribution in [0.25, 0.3) is 0 Å². The fourth-order valence-corrected chi connectivity index (χ4v) is 1.44. The van der Waals surface area contributed by atoms with E-state index in [4.69, 9.17) is 4.74 Å². The highest BCUT2D eigenvalue weighted by atomic mass is 32.2. The summed E-state index contributed by atoms with van der Waals surface area (Å²) >= 11 is 0. The Morgan fingerprint density at radius 2 is 1.94 bits per heavy atom. The molecule has 0 aliphatic heterocycles. The van der Waals surface area contributed by atoms with Crippen molar-refractivity contribution in [2.45, 2.75) is 26.4 Å². The van der Waals surface area contributed by atoms with E-state index in [2.05, 4.69) is 0 Å². The number of hydrogen-bond donors (Lipinski definition) is 1. The average Bonchev–Trinajstić information content (AvgIpc) is 1.99. The van der Waals surface area contributed by atoms with Crippen LogP contribution in [0.5, 0.6) is 0 Å². The molecule has 0 aromatic heterocycles. The van der Waals surface area contributed by atoms with Crippen LogP contribution in [0, 0.1) is 0 Å². The third-order valence-electron chi connectivity index (χ3n) is 1.42. The summed E-state index contributed by atoms with van der Waals surface area (Å²) in [5.74, 6) is 0. The Labute approximate surface area is 94.9 Å². The van der Waals surface area contributed by atoms with Crippen molar-refractivity contribution in [1.29, 1.82) is 0 Å². The van der Waals surface area contributed by atoms with Crippen molar-refractivity contribution in [2.75, 3.05) is 20.3 Å². The van der Waals surface area contributed by atoms with E-state index in [1.54, 1.807) is 25.5 Å². The highest BCUT2D eigenvalue weighted by molar-refractivity contribution is 7.87. The Bertz CT molecular complexity index is 336. The van der Waals surface area contributed by atoms with Crippen molar-refractivity contribution >= 4 is 16.3 Å². The van der Waals surface area contributed by atoms with Crippen LogP contribution in [0.4, 0.5) is 9.18 Å². The van der Waals surface area contributed by atoms with E-state index in [1.807, 2.05) is 0 Å². The highest BCUT2D eigenvalue weighted by Gasteiger charge is 2.24. The molecule has 8 heteroatoms. The molecule has 0 aromatic rings. The highest BCUT2D eigenvalue weighted by Crippen LogP contribution is 2.07. The fourth-order valence-electron chi connectivity index (χ4n) is 0.721. The molecule has 0 aliphatic rings. The second-order valence-electron chi connectivity index (χ2n) is 4.12. The molecular weight excluding hydrogens is 239 g/mol. The molecule has 6 nitrogen and oxygen atoms in total. The Kier molecular flexibility index (Phi) is 5.14. The van der Waals surface area contributed by atoms with Gasteiger partial charge in [-0.15, -0.1) is 0 Å². The van der Waals surface area contributed by atoms with E-state index in [-0.39, 0.29) is 6.54 Å².